The molecule has 0 radical (unpaired) electrons. The Hall–Kier alpha value is -1.32. The van der Waals surface area contributed by atoms with Crippen molar-refractivity contribution in [2.24, 2.45) is 5.73 Å². The van der Waals surface area contributed by atoms with Crippen molar-refractivity contribution in [2.45, 2.75) is 31.3 Å². The Bertz CT molecular complexity index is 552. The number of nitrogens with two attached hydrogens (primary N) is 1. The zero-order chi connectivity index (χ0) is 17.6. The van der Waals surface area contributed by atoms with Crippen LogP contribution in [0.2, 0.25) is 0 Å². The monoisotopic (exact) mass is 349 g/mol. The molecular weight excluding hydrogens is 329 g/mol. The summed E-state index contributed by atoms with van der Waals surface area (Å²) in [4.78, 5) is 28.2. The van der Waals surface area contributed by atoms with Crippen molar-refractivity contribution in [1.29, 1.82) is 0 Å². The zero-order valence-electron chi connectivity index (χ0n) is 12.3. The van der Waals surface area contributed by atoms with Gasteiger partial charge in [0.25, 0.3) is 0 Å². The summed E-state index contributed by atoms with van der Waals surface area (Å²) in [5.74, 6) is -0.584. The maximum Gasteiger partial charge on any atom is 0.469 e. The average molecular weight is 349 g/mol. The fraction of sp³-hybridized carbons (Fsp3) is 0.462. The summed E-state index contributed by atoms with van der Waals surface area (Å²) >= 11 is 0. The first-order chi connectivity index (χ1) is 10.7. The summed E-state index contributed by atoms with van der Waals surface area (Å²) in [5, 5.41) is 19.6. The van der Waals surface area contributed by atoms with Crippen LogP contribution in [0.25, 0.3) is 0 Å². The smallest absolute Gasteiger partial charge is 0.387 e. The Kier molecular flexibility index (Phi) is 7.30. The number of aliphatic hydroxyl groups is 2. The average Bonchev–Trinajstić information content (AvgIpc) is 2.72. The lowest BCUT2D eigenvalue weighted by Crippen LogP contribution is -2.33. The maximum absolute atomic E-state index is 11.0. The molecule has 1 unspecified atom stereocenters. The van der Waals surface area contributed by atoms with Gasteiger partial charge in [0, 0.05) is 5.57 Å². The molecule has 1 heterocycles. The molecule has 10 heteroatoms. The minimum atomic E-state index is -4.69. The summed E-state index contributed by atoms with van der Waals surface area (Å²) in [7, 11) is -4.69. The molecule has 9 nitrogen and oxygen atoms in total. The van der Waals surface area contributed by atoms with Gasteiger partial charge < -0.3 is 30.5 Å². The second-order valence-corrected chi connectivity index (χ2v) is 6.00. The van der Waals surface area contributed by atoms with Crippen molar-refractivity contribution in [1.82, 2.24) is 0 Å². The third kappa shape index (κ3) is 6.36. The minimum absolute atomic E-state index is 0.301. The van der Waals surface area contributed by atoms with E-state index in [1.54, 1.807) is 6.92 Å². The van der Waals surface area contributed by atoms with E-state index in [2.05, 4.69) is 4.52 Å². The van der Waals surface area contributed by atoms with Crippen LogP contribution in [-0.4, -0.2) is 56.9 Å². The van der Waals surface area contributed by atoms with Crippen LogP contribution in [0.15, 0.2) is 36.0 Å². The van der Waals surface area contributed by atoms with Crippen LogP contribution < -0.4 is 5.73 Å². The van der Waals surface area contributed by atoms with Crippen molar-refractivity contribution < 1.29 is 38.6 Å². The van der Waals surface area contributed by atoms with Crippen molar-refractivity contribution in [3.05, 3.63) is 36.0 Å². The molecule has 1 fully saturated rings. The Morgan fingerprint density at radius 2 is 1.96 bits per heavy atom. The molecule has 0 aromatic rings. The SMILES string of the molecule is C\C=C(/C=C\C=C\C1O[C@H](COP(=O)(O)O)[C@@H](O)[C@H]1O)C(N)=O. The number of phosphoric ester groups is 1. The number of ether oxygens (including phenoxy) is 1. The van der Waals surface area contributed by atoms with E-state index in [-0.39, 0.29) is 0 Å². The third-order valence-corrected chi connectivity index (χ3v) is 3.57. The van der Waals surface area contributed by atoms with Gasteiger partial charge >= 0.3 is 7.82 Å². The number of primary amides is 1. The Balaban J connectivity index is 2.61. The van der Waals surface area contributed by atoms with Crippen LogP contribution in [0.5, 0.6) is 0 Å². The van der Waals surface area contributed by atoms with Crippen molar-refractivity contribution in [2.75, 3.05) is 6.61 Å². The second-order valence-electron chi connectivity index (χ2n) is 4.76. The molecule has 4 atom stereocenters. The predicted molar refractivity (Wildman–Crippen MR) is 79.9 cm³/mol. The highest BCUT2D eigenvalue weighted by molar-refractivity contribution is 7.46. The highest BCUT2D eigenvalue weighted by atomic mass is 31.2. The molecule has 0 spiro atoms. The van der Waals surface area contributed by atoms with E-state index in [0.29, 0.717) is 5.57 Å². The number of allylic oxidation sites excluding steroid dienone is 3. The number of carbonyl (C=O) groups is 1. The van der Waals surface area contributed by atoms with Crippen molar-refractivity contribution in [3.63, 3.8) is 0 Å². The molecule has 0 aromatic carbocycles. The van der Waals surface area contributed by atoms with Crippen LogP contribution in [-0.2, 0) is 18.6 Å². The maximum atomic E-state index is 11.0. The molecule has 1 aliphatic heterocycles. The second kappa shape index (κ2) is 8.51. The molecule has 1 aliphatic rings. The minimum Gasteiger partial charge on any atom is -0.387 e. The van der Waals surface area contributed by atoms with Crippen LogP contribution in [0, 0.1) is 0 Å². The Morgan fingerprint density at radius 1 is 1.30 bits per heavy atom. The molecule has 1 amide bonds. The number of carbonyl (C=O) groups excluding carboxylic acids is 1. The summed E-state index contributed by atoms with van der Waals surface area (Å²) < 4.78 is 20.1. The molecule has 6 N–H and O–H groups in total. The van der Waals surface area contributed by atoms with E-state index in [1.807, 2.05) is 0 Å². The van der Waals surface area contributed by atoms with Gasteiger partial charge in [-0.2, -0.15) is 0 Å². The molecule has 0 aromatic heterocycles. The third-order valence-electron chi connectivity index (χ3n) is 3.09. The highest BCUT2D eigenvalue weighted by Crippen LogP contribution is 2.37. The molecular formula is C13H20NO8P. The largest absolute Gasteiger partial charge is 0.469 e. The molecule has 1 saturated heterocycles. The van der Waals surface area contributed by atoms with E-state index >= 15 is 0 Å². The standard InChI is InChI=1S/C13H20NO8P/c1-2-8(13(14)17)5-3-4-6-9-11(15)12(16)10(22-9)7-21-23(18,19)20/h2-6,9-12,15-16H,7H2,1H3,(H2,14,17)(H2,18,19,20)/b5-3-,6-4+,8-2+/t9?,10-,11+,12-/m1/s1. The van der Waals surface area contributed by atoms with Gasteiger partial charge in [0.2, 0.25) is 5.91 Å². The van der Waals surface area contributed by atoms with Gasteiger partial charge in [-0.25, -0.2) is 4.57 Å². The van der Waals surface area contributed by atoms with Gasteiger partial charge in [-0.1, -0.05) is 24.3 Å². The lowest BCUT2D eigenvalue weighted by Gasteiger charge is -2.14. The number of aliphatic hydroxyl groups excluding tert-OH is 2. The van der Waals surface area contributed by atoms with Crippen LogP contribution >= 0.6 is 7.82 Å². The van der Waals surface area contributed by atoms with Crippen LogP contribution in [0.4, 0.5) is 0 Å². The van der Waals surface area contributed by atoms with E-state index in [0.717, 1.165) is 0 Å². The fourth-order valence-corrected chi connectivity index (χ4v) is 2.24. The van der Waals surface area contributed by atoms with Gasteiger partial charge in [-0.3, -0.25) is 9.32 Å². The van der Waals surface area contributed by atoms with Gasteiger partial charge in [-0.15, -0.1) is 0 Å². The number of phosphoric acid groups is 1. The van der Waals surface area contributed by atoms with Crippen molar-refractivity contribution >= 4 is 13.7 Å². The summed E-state index contributed by atoms with van der Waals surface area (Å²) in [6.07, 6.45) is 2.82. The lowest BCUT2D eigenvalue weighted by molar-refractivity contribution is -0.114. The molecule has 0 aliphatic carbocycles. The lowest BCUT2D eigenvalue weighted by atomic mass is 10.1. The zero-order valence-corrected chi connectivity index (χ0v) is 13.2. The first kappa shape index (κ1) is 19.7. The normalized spacial score (nSPS) is 29.7. The molecule has 0 bridgehead atoms. The van der Waals surface area contributed by atoms with Crippen LogP contribution in [0.3, 0.4) is 0 Å². The highest BCUT2D eigenvalue weighted by Gasteiger charge is 2.42. The number of rotatable bonds is 7. The molecule has 0 saturated carbocycles. The number of amides is 1. The molecule has 130 valence electrons. The number of hydrogen-bond acceptors (Lipinski definition) is 6. The van der Waals surface area contributed by atoms with E-state index in [4.69, 9.17) is 20.3 Å². The fourth-order valence-electron chi connectivity index (χ4n) is 1.90. The van der Waals surface area contributed by atoms with Gasteiger partial charge in [0.15, 0.2) is 0 Å². The Morgan fingerprint density at radius 3 is 2.48 bits per heavy atom. The summed E-state index contributed by atoms with van der Waals surface area (Å²) in [6, 6.07) is 0. The molecule has 1 rings (SSSR count). The Labute approximate surface area is 132 Å². The van der Waals surface area contributed by atoms with Crippen molar-refractivity contribution in [3.8, 4) is 0 Å². The first-order valence-electron chi connectivity index (χ1n) is 6.68. The van der Waals surface area contributed by atoms with Gasteiger partial charge in [0.1, 0.15) is 24.4 Å². The van der Waals surface area contributed by atoms with Gasteiger partial charge in [0.05, 0.1) is 6.61 Å². The van der Waals surface area contributed by atoms with Gasteiger partial charge in [-0.05, 0) is 13.0 Å². The summed E-state index contributed by atoms with van der Waals surface area (Å²) in [6.45, 7) is 1.09. The topological polar surface area (TPSA) is 160 Å². The van der Waals surface area contributed by atoms with E-state index < -0.39 is 44.8 Å². The predicted octanol–water partition coefficient (Wildman–Crippen LogP) is -0.871. The quantitative estimate of drug-likeness (QED) is 0.225. The first-order valence-corrected chi connectivity index (χ1v) is 8.21. The number of hydrogen-bond donors (Lipinski definition) is 5. The van der Waals surface area contributed by atoms with E-state index in [1.165, 1.54) is 30.4 Å². The molecule has 23 heavy (non-hydrogen) atoms. The summed E-state index contributed by atoms with van der Waals surface area (Å²) in [5.41, 5.74) is 5.42. The van der Waals surface area contributed by atoms with E-state index in [9.17, 15) is 19.6 Å². The van der Waals surface area contributed by atoms with Crippen LogP contribution in [0.1, 0.15) is 6.92 Å².